The van der Waals surface area contributed by atoms with Gasteiger partial charge in [0.05, 0.1) is 16.9 Å². The number of nitrogens with zero attached hydrogens (tertiary/aromatic N) is 2. The summed E-state index contributed by atoms with van der Waals surface area (Å²) in [5.74, 6) is -1.74. The van der Waals surface area contributed by atoms with Crippen molar-refractivity contribution in [2.45, 2.75) is 17.9 Å². The Bertz CT molecular complexity index is 906. The maximum Gasteiger partial charge on any atom is 0.315 e. The lowest BCUT2D eigenvalue weighted by atomic mass is 10.2. The molecule has 0 aromatic heterocycles. The Morgan fingerprint density at radius 1 is 1.26 bits per heavy atom. The molecule has 0 aliphatic carbocycles. The van der Waals surface area contributed by atoms with Crippen LogP contribution in [0.15, 0.2) is 47.4 Å². The van der Waals surface area contributed by atoms with Gasteiger partial charge >= 0.3 is 5.69 Å². The lowest BCUT2D eigenvalue weighted by molar-refractivity contribution is -0.386. The number of benzene rings is 2. The molecule has 2 rings (SSSR count). The maximum absolute atomic E-state index is 14.2. The van der Waals surface area contributed by atoms with E-state index in [0.717, 1.165) is 29.1 Å². The Hall–Kier alpha value is -2.56. The first-order valence-electron chi connectivity index (χ1n) is 8.07. The van der Waals surface area contributed by atoms with Crippen LogP contribution in [-0.2, 0) is 16.6 Å². The van der Waals surface area contributed by atoms with Crippen molar-refractivity contribution in [2.24, 2.45) is 5.73 Å². The Morgan fingerprint density at radius 3 is 2.48 bits per heavy atom. The number of methoxy groups -OCH3 is 1. The molecule has 8 nitrogen and oxygen atoms in total. The topological polar surface area (TPSA) is 116 Å². The molecule has 0 atom stereocenters. The molecule has 0 spiro atoms. The predicted molar refractivity (Wildman–Crippen MR) is 97.3 cm³/mol. The van der Waals surface area contributed by atoms with E-state index < -0.39 is 37.1 Å². The highest BCUT2D eigenvalue weighted by atomic mass is 32.2. The van der Waals surface area contributed by atoms with E-state index in [9.17, 15) is 22.9 Å². The summed E-state index contributed by atoms with van der Waals surface area (Å²) in [6, 6.07) is 10.4. The van der Waals surface area contributed by atoms with Crippen molar-refractivity contribution in [1.82, 2.24) is 4.31 Å². The molecule has 0 aliphatic rings. The van der Waals surface area contributed by atoms with Gasteiger partial charge in [-0.25, -0.2) is 12.8 Å². The number of hydrogen-bond acceptors (Lipinski definition) is 6. The number of sulfonamides is 1. The number of nitro benzene ring substituents is 1. The number of ether oxygens (including phenoxy) is 1. The number of nitro groups is 1. The first-order chi connectivity index (χ1) is 12.8. The van der Waals surface area contributed by atoms with Crippen molar-refractivity contribution < 1.29 is 22.5 Å². The van der Waals surface area contributed by atoms with Crippen LogP contribution in [0.2, 0.25) is 0 Å². The second-order valence-electron chi connectivity index (χ2n) is 5.68. The standard InChI is InChI=1S/C17H20FN3O5S/c1-26-17-15(18)10-14(11-16(17)21(22)23)27(24,25)20(9-5-8-19)12-13-6-3-2-4-7-13/h2-4,6-7,10-11H,5,8-9,12,19H2,1H3. The van der Waals surface area contributed by atoms with Gasteiger partial charge in [0, 0.05) is 19.2 Å². The highest BCUT2D eigenvalue weighted by Crippen LogP contribution is 2.34. The van der Waals surface area contributed by atoms with Crippen LogP contribution in [0.3, 0.4) is 0 Å². The zero-order chi connectivity index (χ0) is 20.0. The summed E-state index contributed by atoms with van der Waals surface area (Å²) in [5, 5.41) is 11.2. The average molecular weight is 397 g/mol. The van der Waals surface area contributed by atoms with Crippen molar-refractivity contribution in [1.29, 1.82) is 0 Å². The molecule has 0 fully saturated rings. The predicted octanol–water partition coefficient (Wildman–Crippen LogP) is 2.28. The van der Waals surface area contributed by atoms with Crippen LogP contribution >= 0.6 is 0 Å². The van der Waals surface area contributed by atoms with Crippen molar-refractivity contribution in [2.75, 3.05) is 20.2 Å². The average Bonchev–Trinajstić information content (AvgIpc) is 2.64. The van der Waals surface area contributed by atoms with Gasteiger partial charge in [0.25, 0.3) is 0 Å². The molecular formula is C17H20FN3O5S. The fourth-order valence-electron chi connectivity index (χ4n) is 2.53. The lowest BCUT2D eigenvalue weighted by Gasteiger charge is -2.22. The van der Waals surface area contributed by atoms with Gasteiger partial charge in [-0.3, -0.25) is 10.1 Å². The molecular weight excluding hydrogens is 377 g/mol. The molecule has 0 saturated heterocycles. The summed E-state index contributed by atoms with van der Waals surface area (Å²) >= 11 is 0. The molecule has 2 aromatic carbocycles. The zero-order valence-corrected chi connectivity index (χ0v) is 15.5. The maximum atomic E-state index is 14.2. The van der Waals surface area contributed by atoms with Crippen molar-refractivity contribution in [3.8, 4) is 5.75 Å². The number of nitrogens with two attached hydrogens (primary N) is 1. The third kappa shape index (κ3) is 4.79. The van der Waals surface area contributed by atoms with Crippen molar-refractivity contribution in [3.63, 3.8) is 0 Å². The highest BCUT2D eigenvalue weighted by Gasteiger charge is 2.30. The van der Waals surface area contributed by atoms with E-state index in [4.69, 9.17) is 5.73 Å². The minimum atomic E-state index is -4.20. The van der Waals surface area contributed by atoms with Gasteiger partial charge < -0.3 is 10.5 Å². The first kappa shape index (κ1) is 20.7. The van der Waals surface area contributed by atoms with E-state index >= 15 is 0 Å². The third-order valence-electron chi connectivity index (χ3n) is 3.85. The molecule has 27 heavy (non-hydrogen) atoms. The Morgan fingerprint density at radius 2 is 1.93 bits per heavy atom. The lowest BCUT2D eigenvalue weighted by Crippen LogP contribution is -2.32. The van der Waals surface area contributed by atoms with E-state index in [-0.39, 0.29) is 19.6 Å². The molecule has 146 valence electrons. The minimum Gasteiger partial charge on any atom is -0.488 e. The molecule has 0 amide bonds. The SMILES string of the molecule is COc1c(F)cc(S(=O)(=O)N(CCCN)Cc2ccccc2)cc1[N+](=O)[O-]. The van der Waals surface area contributed by atoms with Crippen molar-refractivity contribution >= 4 is 15.7 Å². The smallest absolute Gasteiger partial charge is 0.315 e. The van der Waals surface area contributed by atoms with Gasteiger partial charge in [-0.15, -0.1) is 0 Å². The fourth-order valence-corrected chi connectivity index (χ4v) is 4.03. The number of hydrogen-bond donors (Lipinski definition) is 1. The second-order valence-corrected chi connectivity index (χ2v) is 7.62. The zero-order valence-electron chi connectivity index (χ0n) is 14.7. The quantitative estimate of drug-likeness (QED) is 0.513. The molecule has 0 bridgehead atoms. The molecule has 0 radical (unpaired) electrons. The molecule has 2 aromatic rings. The Balaban J connectivity index is 2.50. The van der Waals surface area contributed by atoms with Gasteiger partial charge in [0.1, 0.15) is 0 Å². The van der Waals surface area contributed by atoms with Gasteiger partial charge in [0.2, 0.25) is 15.8 Å². The summed E-state index contributed by atoms with van der Waals surface area (Å²) < 4.78 is 46.1. The van der Waals surface area contributed by atoms with E-state index in [1.165, 1.54) is 0 Å². The van der Waals surface area contributed by atoms with E-state index in [0.29, 0.717) is 6.42 Å². The van der Waals surface area contributed by atoms with E-state index in [1.807, 2.05) is 0 Å². The Labute approximate surface area is 156 Å². The highest BCUT2D eigenvalue weighted by molar-refractivity contribution is 7.89. The number of rotatable bonds is 9. The Kier molecular flexibility index (Phi) is 6.83. The summed E-state index contributed by atoms with van der Waals surface area (Å²) in [5.41, 5.74) is 5.46. The largest absolute Gasteiger partial charge is 0.488 e. The van der Waals surface area contributed by atoms with Crippen LogP contribution in [0.25, 0.3) is 0 Å². The van der Waals surface area contributed by atoms with Crippen LogP contribution in [0.5, 0.6) is 5.75 Å². The summed E-state index contributed by atoms with van der Waals surface area (Å²) in [6.45, 7) is 0.387. The van der Waals surface area contributed by atoms with Crippen LogP contribution in [0.4, 0.5) is 10.1 Å². The summed E-state index contributed by atoms with van der Waals surface area (Å²) in [7, 11) is -3.13. The molecule has 2 N–H and O–H groups in total. The third-order valence-corrected chi connectivity index (χ3v) is 5.67. The van der Waals surface area contributed by atoms with Gasteiger partial charge in [-0.1, -0.05) is 30.3 Å². The molecule has 0 unspecified atom stereocenters. The normalized spacial score (nSPS) is 11.6. The fraction of sp³-hybridized carbons (Fsp3) is 0.294. The van der Waals surface area contributed by atoms with Crippen LogP contribution in [-0.4, -0.2) is 37.8 Å². The van der Waals surface area contributed by atoms with Crippen LogP contribution < -0.4 is 10.5 Å². The first-order valence-corrected chi connectivity index (χ1v) is 9.51. The number of halogens is 1. The van der Waals surface area contributed by atoms with Gasteiger partial charge in [-0.05, 0) is 24.6 Å². The monoisotopic (exact) mass is 397 g/mol. The summed E-state index contributed by atoms with van der Waals surface area (Å²) in [4.78, 5) is 9.78. The van der Waals surface area contributed by atoms with E-state index in [1.54, 1.807) is 30.3 Å². The molecule has 0 heterocycles. The summed E-state index contributed by atoms with van der Waals surface area (Å²) in [6.07, 6.45) is 0.382. The van der Waals surface area contributed by atoms with Crippen LogP contribution in [0.1, 0.15) is 12.0 Å². The van der Waals surface area contributed by atoms with Crippen molar-refractivity contribution in [3.05, 3.63) is 64.0 Å². The molecule has 0 saturated carbocycles. The van der Waals surface area contributed by atoms with E-state index in [2.05, 4.69) is 4.74 Å². The van der Waals surface area contributed by atoms with Gasteiger partial charge in [-0.2, -0.15) is 4.31 Å². The van der Waals surface area contributed by atoms with Crippen LogP contribution in [0, 0.1) is 15.9 Å². The molecule has 0 aliphatic heterocycles. The minimum absolute atomic E-state index is 0.0324. The van der Waals surface area contributed by atoms with Gasteiger partial charge in [0.15, 0.2) is 5.82 Å². The molecule has 10 heteroatoms. The second kappa shape index (κ2) is 8.89.